The van der Waals surface area contributed by atoms with Gasteiger partial charge in [-0.2, -0.15) is 5.26 Å². The Kier molecular flexibility index (Phi) is 2.24. The number of rotatable bonds is 0. The Morgan fingerprint density at radius 2 is 2.31 bits per heavy atom. The second kappa shape index (κ2) is 3.40. The van der Waals surface area contributed by atoms with Gasteiger partial charge in [-0.1, -0.05) is 17.7 Å². The van der Waals surface area contributed by atoms with Crippen LogP contribution in [0.1, 0.15) is 29.9 Å². The van der Waals surface area contributed by atoms with E-state index in [1.54, 1.807) is 0 Å². The first kappa shape index (κ1) is 8.59. The third kappa shape index (κ3) is 1.55. The second-order valence-electron chi connectivity index (χ2n) is 3.42. The molecule has 1 atom stereocenters. The van der Waals surface area contributed by atoms with Gasteiger partial charge in [-0.25, -0.2) is 0 Å². The van der Waals surface area contributed by atoms with Crippen LogP contribution in [0.4, 0.5) is 0 Å². The Hall–Kier alpha value is -1.00. The number of hydrogen-bond acceptors (Lipinski definition) is 1. The molecule has 0 spiro atoms. The summed E-state index contributed by atoms with van der Waals surface area (Å²) in [5.41, 5.74) is 2.43. The summed E-state index contributed by atoms with van der Waals surface area (Å²) in [5, 5.41) is 9.67. The zero-order valence-corrected chi connectivity index (χ0v) is 8.01. The second-order valence-corrected chi connectivity index (χ2v) is 3.85. The van der Waals surface area contributed by atoms with Crippen molar-refractivity contribution >= 4 is 11.6 Å². The van der Waals surface area contributed by atoms with Crippen LogP contribution in [0.15, 0.2) is 18.2 Å². The van der Waals surface area contributed by atoms with E-state index in [1.807, 2.05) is 18.2 Å². The minimum absolute atomic E-state index is 0.0578. The predicted molar refractivity (Wildman–Crippen MR) is 52.7 cm³/mol. The lowest BCUT2D eigenvalue weighted by atomic mass is 9.84. The third-order valence-electron chi connectivity index (χ3n) is 2.58. The summed E-state index contributed by atoms with van der Waals surface area (Å²) in [6.07, 6.45) is 3.18. The lowest BCUT2D eigenvalue weighted by Gasteiger charge is -2.20. The molecule has 2 rings (SSSR count). The molecule has 0 amide bonds. The molecule has 1 aliphatic carbocycles. The predicted octanol–water partition coefficient (Wildman–Crippen LogP) is 3.28. The van der Waals surface area contributed by atoms with Crippen molar-refractivity contribution in [3.8, 4) is 6.07 Å². The molecule has 0 bridgehead atoms. The minimum atomic E-state index is 0.0578. The highest BCUT2D eigenvalue weighted by molar-refractivity contribution is 6.30. The van der Waals surface area contributed by atoms with Gasteiger partial charge < -0.3 is 0 Å². The van der Waals surface area contributed by atoms with Gasteiger partial charge in [0, 0.05) is 5.02 Å². The molecule has 0 aliphatic heterocycles. The van der Waals surface area contributed by atoms with Gasteiger partial charge in [0.15, 0.2) is 0 Å². The molecule has 0 aromatic heterocycles. The maximum absolute atomic E-state index is 8.94. The molecule has 1 aliphatic rings. The maximum atomic E-state index is 8.94. The van der Waals surface area contributed by atoms with Gasteiger partial charge in [0.25, 0.3) is 0 Å². The van der Waals surface area contributed by atoms with E-state index in [-0.39, 0.29) is 5.92 Å². The first-order valence-corrected chi connectivity index (χ1v) is 4.87. The number of fused-ring (bicyclic) bond motifs is 1. The Bertz CT molecular complexity index is 365. The van der Waals surface area contributed by atoms with Gasteiger partial charge in [0.05, 0.1) is 12.0 Å². The summed E-state index contributed by atoms with van der Waals surface area (Å²) in [7, 11) is 0. The van der Waals surface area contributed by atoms with Crippen LogP contribution in [0, 0.1) is 11.3 Å². The summed E-state index contributed by atoms with van der Waals surface area (Å²) in [6, 6.07) is 8.21. The minimum Gasteiger partial charge on any atom is -0.198 e. The van der Waals surface area contributed by atoms with Crippen molar-refractivity contribution in [1.29, 1.82) is 5.26 Å². The average Bonchev–Trinajstić information content (AvgIpc) is 2.17. The zero-order chi connectivity index (χ0) is 9.26. The Morgan fingerprint density at radius 1 is 1.46 bits per heavy atom. The first-order valence-electron chi connectivity index (χ1n) is 4.49. The van der Waals surface area contributed by atoms with Gasteiger partial charge >= 0.3 is 0 Å². The molecule has 13 heavy (non-hydrogen) atoms. The molecule has 0 saturated heterocycles. The highest BCUT2D eigenvalue weighted by atomic mass is 35.5. The molecule has 0 heterocycles. The van der Waals surface area contributed by atoms with E-state index in [2.05, 4.69) is 6.07 Å². The third-order valence-corrected chi connectivity index (χ3v) is 2.81. The molecule has 66 valence electrons. The summed E-state index contributed by atoms with van der Waals surface area (Å²) >= 11 is 5.89. The Morgan fingerprint density at radius 3 is 3.08 bits per heavy atom. The van der Waals surface area contributed by atoms with Gasteiger partial charge in [-0.05, 0) is 42.5 Å². The van der Waals surface area contributed by atoms with Crippen molar-refractivity contribution in [3.63, 3.8) is 0 Å². The highest BCUT2D eigenvalue weighted by Crippen LogP contribution is 2.32. The number of aryl methyl sites for hydroxylation is 1. The molecule has 0 saturated carbocycles. The summed E-state index contributed by atoms with van der Waals surface area (Å²) in [4.78, 5) is 0. The Balaban J connectivity index is 2.49. The number of nitriles is 1. The van der Waals surface area contributed by atoms with Crippen molar-refractivity contribution in [2.24, 2.45) is 0 Å². The molecule has 1 aromatic rings. The van der Waals surface area contributed by atoms with Crippen LogP contribution in [0.3, 0.4) is 0 Å². The molecule has 0 fully saturated rings. The molecular weight excluding hydrogens is 182 g/mol. The maximum Gasteiger partial charge on any atom is 0.0716 e. The lowest BCUT2D eigenvalue weighted by Crippen LogP contribution is -2.07. The Labute approximate surface area is 82.9 Å². The zero-order valence-electron chi connectivity index (χ0n) is 7.26. The van der Waals surface area contributed by atoms with Crippen LogP contribution >= 0.6 is 11.6 Å². The molecule has 1 aromatic carbocycles. The quantitative estimate of drug-likeness (QED) is 0.618. The van der Waals surface area contributed by atoms with Crippen LogP contribution < -0.4 is 0 Å². The van der Waals surface area contributed by atoms with Gasteiger partial charge in [-0.3, -0.25) is 0 Å². The molecule has 1 nitrogen and oxygen atoms in total. The van der Waals surface area contributed by atoms with E-state index >= 15 is 0 Å². The topological polar surface area (TPSA) is 23.8 Å². The van der Waals surface area contributed by atoms with E-state index in [4.69, 9.17) is 16.9 Å². The normalized spacial score (nSPS) is 20.5. The van der Waals surface area contributed by atoms with Crippen LogP contribution in [0.25, 0.3) is 0 Å². The smallest absolute Gasteiger partial charge is 0.0716 e. The number of benzene rings is 1. The number of nitrogens with zero attached hydrogens (tertiary/aromatic N) is 1. The lowest BCUT2D eigenvalue weighted by molar-refractivity contribution is 0.637. The fraction of sp³-hybridized carbons (Fsp3) is 0.364. The van der Waals surface area contributed by atoms with Gasteiger partial charge in [-0.15, -0.1) is 0 Å². The highest BCUT2D eigenvalue weighted by Gasteiger charge is 2.19. The first-order chi connectivity index (χ1) is 6.31. The number of halogens is 1. The summed E-state index contributed by atoms with van der Waals surface area (Å²) < 4.78 is 0. The molecule has 0 unspecified atom stereocenters. The van der Waals surface area contributed by atoms with Crippen LogP contribution in [0.2, 0.25) is 5.02 Å². The molecule has 2 heteroatoms. The van der Waals surface area contributed by atoms with E-state index in [9.17, 15) is 0 Å². The van der Waals surface area contributed by atoms with Crippen molar-refractivity contribution in [2.45, 2.75) is 25.2 Å². The van der Waals surface area contributed by atoms with Gasteiger partial charge in [0.1, 0.15) is 0 Å². The van der Waals surface area contributed by atoms with E-state index < -0.39 is 0 Å². The fourth-order valence-electron chi connectivity index (χ4n) is 1.90. The van der Waals surface area contributed by atoms with Crippen molar-refractivity contribution < 1.29 is 0 Å². The van der Waals surface area contributed by atoms with Crippen LogP contribution in [-0.2, 0) is 6.42 Å². The van der Waals surface area contributed by atoms with Crippen molar-refractivity contribution in [2.75, 3.05) is 0 Å². The monoisotopic (exact) mass is 191 g/mol. The van der Waals surface area contributed by atoms with E-state index in [0.29, 0.717) is 0 Å². The van der Waals surface area contributed by atoms with E-state index in [0.717, 1.165) is 29.8 Å². The van der Waals surface area contributed by atoms with Crippen LogP contribution in [0.5, 0.6) is 0 Å². The fourth-order valence-corrected chi connectivity index (χ4v) is 2.08. The summed E-state index contributed by atoms with van der Waals surface area (Å²) in [5.74, 6) is 0.0578. The van der Waals surface area contributed by atoms with Crippen molar-refractivity contribution in [3.05, 3.63) is 34.3 Å². The number of hydrogen-bond donors (Lipinski definition) is 0. The van der Waals surface area contributed by atoms with Gasteiger partial charge in [0.2, 0.25) is 0 Å². The molecule has 0 N–H and O–H groups in total. The van der Waals surface area contributed by atoms with Crippen molar-refractivity contribution in [1.82, 2.24) is 0 Å². The molecular formula is C11H10ClN. The largest absolute Gasteiger partial charge is 0.198 e. The average molecular weight is 192 g/mol. The standard InChI is InChI=1S/C11H10ClN/c12-10-5-4-8-2-1-3-9(7-13)11(8)6-10/h4-6,9H,1-3H2/t9-/m0/s1. The summed E-state index contributed by atoms with van der Waals surface area (Å²) in [6.45, 7) is 0. The van der Waals surface area contributed by atoms with Crippen LogP contribution in [-0.4, -0.2) is 0 Å². The molecule has 0 radical (unpaired) electrons. The van der Waals surface area contributed by atoms with E-state index in [1.165, 1.54) is 5.56 Å². The SMILES string of the molecule is N#C[C@@H]1CCCc2ccc(Cl)cc21.